The van der Waals surface area contributed by atoms with Crippen LogP contribution < -0.4 is 22.7 Å². The van der Waals surface area contributed by atoms with E-state index in [1.54, 1.807) is 0 Å². The van der Waals surface area contributed by atoms with Crippen LogP contribution in [0.3, 0.4) is 0 Å². The third-order valence-corrected chi connectivity index (χ3v) is 1.15. The number of carbonyl (C=O) groups excluding carboxylic acids is 3. The second-order valence-electron chi connectivity index (χ2n) is 2.50. The van der Waals surface area contributed by atoms with E-state index >= 15 is 0 Å². The molecule has 8 nitrogen and oxygen atoms in total. The molecule has 0 aromatic heterocycles. The molecule has 14 heavy (non-hydrogen) atoms. The van der Waals surface area contributed by atoms with Gasteiger partial charge in [-0.1, -0.05) is 0 Å². The van der Waals surface area contributed by atoms with Gasteiger partial charge in [0, 0.05) is 0 Å². The molecule has 0 fully saturated rings. The average molecular weight is 204 g/mol. The number of nitrogens with one attached hydrogen (secondary N) is 1. The van der Waals surface area contributed by atoms with Crippen molar-refractivity contribution in [2.75, 3.05) is 6.61 Å². The van der Waals surface area contributed by atoms with Gasteiger partial charge in [0.2, 0.25) is 11.8 Å². The minimum Gasteiger partial charge on any atom is -0.370 e. The summed E-state index contributed by atoms with van der Waals surface area (Å²) in [5, 5.41) is 0. The fraction of sp³-hybridized carbons (Fsp3) is 0.500. The molecule has 0 radical (unpaired) electrons. The molecule has 0 aromatic carbocycles. The Bertz CT molecular complexity index is 242. The molecule has 0 heterocycles. The van der Waals surface area contributed by atoms with Gasteiger partial charge in [0.1, 0.15) is 0 Å². The Morgan fingerprint density at radius 1 is 1.21 bits per heavy atom. The zero-order valence-corrected chi connectivity index (χ0v) is 7.36. The van der Waals surface area contributed by atoms with Crippen LogP contribution in [0.2, 0.25) is 0 Å². The Kier molecular flexibility index (Phi) is 5.19. The van der Waals surface area contributed by atoms with Crippen LogP contribution in [0.5, 0.6) is 0 Å². The molecule has 0 saturated carbocycles. The SMILES string of the molecule is NC(=O)CONC(=O)C(N)CC(N)=O. The maximum Gasteiger partial charge on any atom is 0.260 e. The number of hydrogen-bond donors (Lipinski definition) is 4. The van der Waals surface area contributed by atoms with E-state index in [1.807, 2.05) is 5.48 Å². The smallest absolute Gasteiger partial charge is 0.260 e. The average Bonchev–Trinajstić information content (AvgIpc) is 2.01. The maximum absolute atomic E-state index is 10.9. The molecular formula is C6H12N4O4. The Balaban J connectivity index is 3.73. The highest BCUT2D eigenvalue weighted by atomic mass is 16.7. The second-order valence-corrected chi connectivity index (χ2v) is 2.50. The molecule has 80 valence electrons. The van der Waals surface area contributed by atoms with E-state index in [0.717, 1.165) is 0 Å². The molecule has 0 aliphatic heterocycles. The molecular weight excluding hydrogens is 192 g/mol. The quantitative estimate of drug-likeness (QED) is 0.334. The molecule has 0 aromatic rings. The van der Waals surface area contributed by atoms with E-state index in [2.05, 4.69) is 4.84 Å². The first-order valence-electron chi connectivity index (χ1n) is 3.67. The minimum atomic E-state index is -1.10. The predicted octanol–water partition coefficient (Wildman–Crippen LogP) is -3.28. The van der Waals surface area contributed by atoms with E-state index in [0.29, 0.717) is 0 Å². The standard InChI is InChI=1S/C6H12N4O4/c7-3(1-4(8)11)6(13)10-14-2-5(9)12/h3H,1-2,7H2,(H2,8,11)(H2,9,12)(H,10,13). The normalized spacial score (nSPS) is 11.8. The molecule has 0 aliphatic carbocycles. The summed E-state index contributed by atoms with van der Waals surface area (Å²) in [4.78, 5) is 35.8. The van der Waals surface area contributed by atoms with Gasteiger partial charge in [0.15, 0.2) is 6.61 Å². The van der Waals surface area contributed by atoms with Crippen molar-refractivity contribution in [1.82, 2.24) is 5.48 Å². The first-order chi connectivity index (χ1) is 6.43. The summed E-state index contributed by atoms with van der Waals surface area (Å²) in [5.41, 5.74) is 16.6. The lowest BCUT2D eigenvalue weighted by molar-refractivity contribution is -0.140. The van der Waals surface area contributed by atoms with Crippen LogP contribution in [0.4, 0.5) is 0 Å². The highest BCUT2D eigenvalue weighted by Crippen LogP contribution is 1.86. The van der Waals surface area contributed by atoms with Gasteiger partial charge in [-0.05, 0) is 0 Å². The molecule has 0 rings (SSSR count). The lowest BCUT2D eigenvalue weighted by atomic mass is 10.2. The Hall–Kier alpha value is -1.67. The first-order valence-corrected chi connectivity index (χ1v) is 3.67. The van der Waals surface area contributed by atoms with E-state index < -0.39 is 30.4 Å². The molecule has 0 saturated heterocycles. The van der Waals surface area contributed by atoms with Crippen LogP contribution in [0, 0.1) is 0 Å². The number of carbonyl (C=O) groups is 3. The van der Waals surface area contributed by atoms with E-state index in [9.17, 15) is 14.4 Å². The largest absolute Gasteiger partial charge is 0.370 e. The number of hydroxylamine groups is 1. The van der Waals surface area contributed by atoms with E-state index in [4.69, 9.17) is 17.2 Å². The van der Waals surface area contributed by atoms with Gasteiger partial charge in [0.25, 0.3) is 5.91 Å². The van der Waals surface area contributed by atoms with Gasteiger partial charge < -0.3 is 17.2 Å². The molecule has 3 amide bonds. The Morgan fingerprint density at radius 2 is 1.79 bits per heavy atom. The summed E-state index contributed by atoms with van der Waals surface area (Å²) in [6.45, 7) is -0.463. The van der Waals surface area contributed by atoms with Crippen LogP contribution in [-0.2, 0) is 19.2 Å². The zero-order chi connectivity index (χ0) is 11.1. The summed E-state index contributed by atoms with van der Waals surface area (Å²) >= 11 is 0. The van der Waals surface area contributed by atoms with Crippen molar-refractivity contribution >= 4 is 17.7 Å². The topological polar surface area (TPSA) is 151 Å². The van der Waals surface area contributed by atoms with Gasteiger partial charge in [-0.2, -0.15) is 0 Å². The molecule has 8 heteroatoms. The highest BCUT2D eigenvalue weighted by molar-refractivity contribution is 5.87. The summed E-state index contributed by atoms with van der Waals surface area (Å²) < 4.78 is 0. The van der Waals surface area contributed by atoms with Crippen molar-refractivity contribution in [1.29, 1.82) is 0 Å². The first kappa shape index (κ1) is 12.3. The van der Waals surface area contributed by atoms with Crippen molar-refractivity contribution in [2.24, 2.45) is 17.2 Å². The Labute approximate surface area is 79.7 Å². The minimum absolute atomic E-state index is 0.300. The van der Waals surface area contributed by atoms with Gasteiger partial charge in [-0.3, -0.25) is 19.2 Å². The number of rotatable bonds is 6. The molecule has 1 unspecified atom stereocenters. The lowest BCUT2D eigenvalue weighted by Crippen LogP contribution is -2.43. The van der Waals surface area contributed by atoms with E-state index in [1.165, 1.54) is 0 Å². The van der Waals surface area contributed by atoms with Crippen molar-refractivity contribution in [3.63, 3.8) is 0 Å². The van der Waals surface area contributed by atoms with Crippen LogP contribution in [0.15, 0.2) is 0 Å². The summed E-state index contributed by atoms with van der Waals surface area (Å²) in [6.07, 6.45) is -0.300. The third-order valence-electron chi connectivity index (χ3n) is 1.15. The number of hydrogen-bond acceptors (Lipinski definition) is 5. The van der Waals surface area contributed by atoms with Gasteiger partial charge in [0.05, 0.1) is 12.5 Å². The van der Waals surface area contributed by atoms with Crippen LogP contribution in [-0.4, -0.2) is 30.4 Å². The van der Waals surface area contributed by atoms with Gasteiger partial charge in [-0.15, -0.1) is 0 Å². The summed E-state index contributed by atoms with van der Waals surface area (Å²) in [7, 11) is 0. The van der Waals surface area contributed by atoms with Crippen molar-refractivity contribution in [3.8, 4) is 0 Å². The Morgan fingerprint density at radius 3 is 2.21 bits per heavy atom. The number of nitrogens with two attached hydrogens (primary N) is 3. The lowest BCUT2D eigenvalue weighted by Gasteiger charge is -2.09. The van der Waals surface area contributed by atoms with Gasteiger partial charge >= 0.3 is 0 Å². The molecule has 7 N–H and O–H groups in total. The fourth-order valence-corrected chi connectivity index (χ4v) is 0.563. The van der Waals surface area contributed by atoms with Crippen molar-refractivity contribution in [3.05, 3.63) is 0 Å². The number of amides is 3. The number of primary amides is 2. The monoisotopic (exact) mass is 204 g/mol. The molecule has 0 aliphatic rings. The zero-order valence-electron chi connectivity index (χ0n) is 7.36. The van der Waals surface area contributed by atoms with Gasteiger partial charge in [-0.25, -0.2) is 5.48 Å². The predicted molar refractivity (Wildman–Crippen MR) is 45.1 cm³/mol. The maximum atomic E-state index is 10.9. The summed E-state index contributed by atoms with van der Waals surface area (Å²) in [6, 6.07) is -1.10. The summed E-state index contributed by atoms with van der Waals surface area (Å²) in [5.74, 6) is -2.19. The van der Waals surface area contributed by atoms with Crippen LogP contribution in [0.1, 0.15) is 6.42 Å². The highest BCUT2D eigenvalue weighted by Gasteiger charge is 2.15. The molecule has 0 spiro atoms. The molecule has 0 bridgehead atoms. The van der Waals surface area contributed by atoms with E-state index in [-0.39, 0.29) is 6.42 Å². The fourth-order valence-electron chi connectivity index (χ4n) is 0.563. The van der Waals surface area contributed by atoms with Crippen LogP contribution in [0.25, 0.3) is 0 Å². The van der Waals surface area contributed by atoms with Crippen molar-refractivity contribution < 1.29 is 19.2 Å². The third kappa shape index (κ3) is 5.91. The second kappa shape index (κ2) is 5.89. The molecule has 1 atom stereocenters. The van der Waals surface area contributed by atoms with Crippen LogP contribution >= 0.6 is 0 Å². The van der Waals surface area contributed by atoms with Crippen molar-refractivity contribution in [2.45, 2.75) is 12.5 Å².